The van der Waals surface area contributed by atoms with Crippen molar-refractivity contribution >= 4 is 11.3 Å². The Hall–Kier alpha value is -1.21. The van der Waals surface area contributed by atoms with Crippen molar-refractivity contribution in [1.29, 1.82) is 0 Å². The lowest BCUT2D eigenvalue weighted by molar-refractivity contribution is 0.0701. The molecule has 2 aliphatic rings. The average Bonchev–Trinajstić information content (AvgIpc) is 3.25. The minimum absolute atomic E-state index is 0.250. The first-order valence-electron chi connectivity index (χ1n) is 8.25. The van der Waals surface area contributed by atoms with E-state index < -0.39 is 0 Å². The highest BCUT2D eigenvalue weighted by molar-refractivity contribution is 7.09. The van der Waals surface area contributed by atoms with Gasteiger partial charge in [0.25, 0.3) is 0 Å². The number of hydrogen-bond acceptors (Lipinski definition) is 6. The summed E-state index contributed by atoms with van der Waals surface area (Å²) in [6.45, 7) is 7.85. The summed E-state index contributed by atoms with van der Waals surface area (Å²) < 4.78 is 11.5. The molecular weight excluding hydrogens is 310 g/mol. The van der Waals surface area contributed by atoms with Gasteiger partial charge in [-0.3, -0.25) is 9.80 Å². The third kappa shape index (κ3) is 3.66. The van der Waals surface area contributed by atoms with E-state index in [0.717, 1.165) is 58.2 Å². The van der Waals surface area contributed by atoms with Crippen LogP contribution in [0.2, 0.25) is 0 Å². The third-order valence-corrected chi connectivity index (χ3v) is 5.60. The van der Waals surface area contributed by atoms with Crippen molar-refractivity contribution in [3.8, 4) is 0 Å². The molecule has 0 bridgehead atoms. The number of likely N-dealkylation sites (tertiary alicyclic amines) is 1. The zero-order valence-electron chi connectivity index (χ0n) is 13.3. The van der Waals surface area contributed by atoms with Crippen LogP contribution in [-0.2, 0) is 17.8 Å². The van der Waals surface area contributed by atoms with Gasteiger partial charge in [0.1, 0.15) is 10.8 Å². The molecule has 0 radical (unpaired) electrons. The molecule has 2 aromatic rings. The summed E-state index contributed by atoms with van der Waals surface area (Å²) in [6.07, 6.45) is 4.85. The summed E-state index contributed by atoms with van der Waals surface area (Å²) >= 11 is 1.74. The third-order valence-electron chi connectivity index (χ3n) is 4.84. The lowest BCUT2D eigenvalue weighted by Crippen LogP contribution is -2.40. The lowest BCUT2D eigenvalue weighted by Gasteiger charge is -2.31. The Bertz CT molecular complexity index is 601. The van der Waals surface area contributed by atoms with Gasteiger partial charge < -0.3 is 9.15 Å². The molecule has 0 aliphatic carbocycles. The zero-order valence-corrected chi connectivity index (χ0v) is 14.1. The van der Waals surface area contributed by atoms with Gasteiger partial charge in [0.05, 0.1) is 32.6 Å². The number of aromatic nitrogens is 1. The number of ether oxygens (including phenoxy) is 1. The fraction of sp³-hybridized carbons (Fsp3) is 0.588. The van der Waals surface area contributed by atoms with E-state index in [1.165, 1.54) is 11.4 Å². The second kappa shape index (κ2) is 6.73. The van der Waals surface area contributed by atoms with Crippen LogP contribution in [0.3, 0.4) is 0 Å². The Kier molecular flexibility index (Phi) is 4.48. The zero-order chi connectivity index (χ0) is 15.5. The molecule has 4 rings (SSSR count). The smallest absolute Gasteiger partial charge is 0.117 e. The van der Waals surface area contributed by atoms with Crippen molar-refractivity contribution in [3.05, 3.63) is 40.7 Å². The molecule has 0 N–H and O–H groups in total. The largest absolute Gasteiger partial charge is 0.468 e. The van der Waals surface area contributed by atoms with E-state index in [2.05, 4.69) is 26.2 Å². The first kappa shape index (κ1) is 15.3. The highest BCUT2D eigenvalue weighted by Gasteiger charge is 2.41. The average molecular weight is 333 g/mol. The van der Waals surface area contributed by atoms with Crippen LogP contribution in [0.15, 0.2) is 34.4 Å². The van der Waals surface area contributed by atoms with Crippen molar-refractivity contribution in [2.75, 3.05) is 39.4 Å². The molecule has 2 aromatic heterocycles. The Morgan fingerprint density at radius 1 is 1.22 bits per heavy atom. The summed E-state index contributed by atoms with van der Waals surface area (Å²) in [5, 5.41) is 3.26. The second-order valence-corrected chi connectivity index (χ2v) is 7.71. The van der Waals surface area contributed by atoms with E-state index in [1.54, 1.807) is 17.6 Å². The molecule has 124 valence electrons. The number of rotatable bonds is 4. The summed E-state index contributed by atoms with van der Waals surface area (Å²) in [5.41, 5.74) is 0.250. The van der Waals surface area contributed by atoms with Crippen molar-refractivity contribution in [1.82, 2.24) is 14.8 Å². The number of thiazole rings is 1. The molecule has 0 amide bonds. The summed E-state index contributed by atoms with van der Waals surface area (Å²) in [5.74, 6) is 1.05. The maximum Gasteiger partial charge on any atom is 0.117 e. The molecule has 0 aromatic carbocycles. The van der Waals surface area contributed by atoms with Crippen molar-refractivity contribution in [2.45, 2.75) is 19.5 Å². The van der Waals surface area contributed by atoms with E-state index in [1.807, 2.05) is 12.3 Å². The molecule has 0 saturated carbocycles. The van der Waals surface area contributed by atoms with Gasteiger partial charge >= 0.3 is 0 Å². The van der Waals surface area contributed by atoms with Crippen LogP contribution in [0.4, 0.5) is 0 Å². The molecule has 2 fully saturated rings. The summed E-state index contributed by atoms with van der Waals surface area (Å²) in [4.78, 5) is 9.45. The predicted octanol–water partition coefficient (Wildman–Crippen LogP) is 2.46. The van der Waals surface area contributed by atoms with Gasteiger partial charge in [0.2, 0.25) is 0 Å². The second-order valence-electron chi connectivity index (χ2n) is 6.73. The van der Waals surface area contributed by atoms with E-state index in [-0.39, 0.29) is 5.41 Å². The summed E-state index contributed by atoms with van der Waals surface area (Å²) in [7, 11) is 0. The normalized spacial score (nSPS) is 26.8. The monoisotopic (exact) mass is 333 g/mol. The molecular formula is C17H23N3O2S. The van der Waals surface area contributed by atoms with Crippen LogP contribution < -0.4 is 0 Å². The molecule has 23 heavy (non-hydrogen) atoms. The van der Waals surface area contributed by atoms with E-state index in [9.17, 15) is 0 Å². The summed E-state index contributed by atoms with van der Waals surface area (Å²) in [6, 6.07) is 4.02. The SMILES string of the molecule is c1coc(CN2CCC3(COCCN(Cc4nccs4)C3)C2)c1. The van der Waals surface area contributed by atoms with Gasteiger partial charge in [-0.15, -0.1) is 11.3 Å². The molecule has 1 spiro atoms. The van der Waals surface area contributed by atoms with Crippen LogP contribution >= 0.6 is 11.3 Å². The molecule has 6 heteroatoms. The number of hydrogen-bond donors (Lipinski definition) is 0. The maximum atomic E-state index is 5.96. The Labute approximate surface area is 140 Å². The van der Waals surface area contributed by atoms with E-state index in [0.29, 0.717) is 0 Å². The van der Waals surface area contributed by atoms with Crippen LogP contribution in [0.25, 0.3) is 0 Å². The van der Waals surface area contributed by atoms with Gasteiger partial charge in [-0.25, -0.2) is 4.98 Å². The van der Waals surface area contributed by atoms with Crippen molar-refractivity contribution in [2.24, 2.45) is 5.41 Å². The fourth-order valence-electron chi connectivity index (χ4n) is 3.77. The van der Waals surface area contributed by atoms with Gasteiger partial charge in [-0.2, -0.15) is 0 Å². The Balaban J connectivity index is 1.40. The predicted molar refractivity (Wildman–Crippen MR) is 89.2 cm³/mol. The van der Waals surface area contributed by atoms with E-state index >= 15 is 0 Å². The minimum atomic E-state index is 0.250. The molecule has 4 heterocycles. The van der Waals surface area contributed by atoms with E-state index in [4.69, 9.17) is 9.15 Å². The Morgan fingerprint density at radius 3 is 2.91 bits per heavy atom. The van der Waals surface area contributed by atoms with Gasteiger partial charge in [-0.05, 0) is 25.1 Å². The van der Waals surface area contributed by atoms with Crippen LogP contribution in [0.1, 0.15) is 17.2 Å². The van der Waals surface area contributed by atoms with Crippen LogP contribution in [0.5, 0.6) is 0 Å². The molecule has 2 saturated heterocycles. The lowest BCUT2D eigenvalue weighted by atomic mass is 9.87. The van der Waals surface area contributed by atoms with Gasteiger partial charge in [-0.1, -0.05) is 0 Å². The molecule has 5 nitrogen and oxygen atoms in total. The van der Waals surface area contributed by atoms with Gasteiger partial charge in [0.15, 0.2) is 0 Å². The van der Waals surface area contributed by atoms with Crippen LogP contribution in [-0.4, -0.2) is 54.2 Å². The van der Waals surface area contributed by atoms with Gasteiger partial charge in [0, 0.05) is 36.6 Å². The minimum Gasteiger partial charge on any atom is -0.468 e. The number of nitrogens with zero attached hydrogens (tertiary/aromatic N) is 3. The highest BCUT2D eigenvalue weighted by Crippen LogP contribution is 2.34. The topological polar surface area (TPSA) is 41.7 Å². The highest BCUT2D eigenvalue weighted by atomic mass is 32.1. The number of furan rings is 1. The molecule has 1 unspecified atom stereocenters. The standard InChI is InChI=1S/C17H23N3O2S/c1-2-15(22-7-1)10-19-5-3-17(12-19)13-20(6-8-21-14-17)11-16-18-4-9-23-16/h1-2,4,7,9H,3,5-6,8,10-14H2. The maximum absolute atomic E-state index is 5.96. The van der Waals surface area contributed by atoms with Crippen LogP contribution in [0, 0.1) is 5.41 Å². The first-order chi connectivity index (χ1) is 11.3. The quantitative estimate of drug-likeness (QED) is 0.860. The van der Waals surface area contributed by atoms with Crippen molar-refractivity contribution < 1.29 is 9.15 Å². The van der Waals surface area contributed by atoms with Crippen molar-refractivity contribution in [3.63, 3.8) is 0 Å². The first-order valence-corrected chi connectivity index (χ1v) is 9.13. The molecule has 2 aliphatic heterocycles. The Morgan fingerprint density at radius 2 is 2.13 bits per heavy atom. The molecule has 1 atom stereocenters. The fourth-order valence-corrected chi connectivity index (χ4v) is 4.43.